The second-order valence-electron chi connectivity index (χ2n) is 29.4. The minimum Gasteiger partial charge on any atom is -0.457 e. The van der Waals surface area contributed by atoms with E-state index < -0.39 is 10.8 Å². The first-order valence-corrected chi connectivity index (χ1v) is 38.2. The average Bonchev–Trinajstić information content (AvgIpc) is 1.51. The van der Waals surface area contributed by atoms with Gasteiger partial charge in [-0.05, 0) is 143 Å². The van der Waals surface area contributed by atoms with Crippen molar-refractivity contribution in [1.29, 1.82) is 0 Å². The Bertz CT molecular complexity index is 6690. The Hall–Kier alpha value is -14.7. The van der Waals surface area contributed by atoms with Crippen LogP contribution in [-0.2, 0) is 10.8 Å². The van der Waals surface area contributed by atoms with E-state index in [1.165, 1.54) is 44.5 Å². The van der Waals surface area contributed by atoms with Crippen molar-refractivity contribution in [2.24, 2.45) is 0 Å². The van der Waals surface area contributed by atoms with Crippen LogP contribution in [0.4, 0.5) is 0 Å². The first-order valence-electron chi connectivity index (χ1n) is 38.2. The second-order valence-corrected chi connectivity index (χ2v) is 29.4. The van der Waals surface area contributed by atoms with E-state index in [-0.39, 0.29) is 0 Å². The highest BCUT2D eigenvalue weighted by Crippen LogP contribution is 2.65. The van der Waals surface area contributed by atoms with Crippen molar-refractivity contribution >= 4 is 0 Å². The maximum Gasteiger partial charge on any atom is 0.161 e. The normalized spacial score (nSPS) is 14.0. The fourth-order valence-corrected chi connectivity index (χ4v) is 18.3. The minimum absolute atomic E-state index is 0.516. The van der Waals surface area contributed by atoms with Crippen LogP contribution < -0.4 is 9.47 Å². The monoisotopic (exact) mass is 1430 g/mol. The number of para-hydroxylation sites is 2. The largest absolute Gasteiger partial charge is 0.457 e. The third kappa shape index (κ3) is 10.3. The number of hydrogen-bond acceptors (Lipinski definition) is 6. The predicted octanol–water partition coefficient (Wildman–Crippen LogP) is 26.5. The third-order valence-corrected chi connectivity index (χ3v) is 23.4. The van der Waals surface area contributed by atoms with Crippen LogP contribution in [0.5, 0.6) is 23.0 Å². The Morgan fingerprint density at radius 1 is 0.152 bits per heavy atom. The highest BCUT2D eigenvalue weighted by Gasteiger charge is 2.53. The van der Waals surface area contributed by atoms with Crippen molar-refractivity contribution < 1.29 is 9.47 Å². The molecule has 4 heterocycles. The zero-order valence-electron chi connectivity index (χ0n) is 60.7. The molecule has 0 fully saturated rings. The van der Waals surface area contributed by atoms with Crippen LogP contribution in [0.1, 0.15) is 44.5 Å². The fourth-order valence-electron chi connectivity index (χ4n) is 18.3. The lowest BCUT2D eigenvalue weighted by Crippen LogP contribution is -2.32. The molecule has 0 saturated heterocycles. The summed E-state index contributed by atoms with van der Waals surface area (Å²) in [6.07, 6.45) is 0. The molecule has 0 bridgehead atoms. The van der Waals surface area contributed by atoms with Crippen molar-refractivity contribution in [2.45, 2.75) is 10.8 Å². The van der Waals surface area contributed by atoms with Crippen LogP contribution in [0.15, 0.2) is 400 Å². The molecule has 22 rings (SSSR count). The number of ether oxygens (including phenoxy) is 2. The predicted molar refractivity (Wildman–Crippen MR) is 452 cm³/mol. The summed E-state index contributed by atoms with van der Waals surface area (Å²) >= 11 is 0. The summed E-state index contributed by atoms with van der Waals surface area (Å²) in [5.41, 5.74) is 33.6. The fraction of sp³-hybridized carbons (Fsp3) is 0.0189. The van der Waals surface area contributed by atoms with Crippen molar-refractivity contribution in [3.8, 4) is 169 Å². The molecule has 6 nitrogen and oxygen atoms in total. The van der Waals surface area contributed by atoms with Crippen molar-refractivity contribution in [3.63, 3.8) is 0 Å². The maximum atomic E-state index is 7.12. The molecule has 2 aromatic heterocycles. The Balaban J connectivity index is 0.576. The van der Waals surface area contributed by atoms with E-state index in [1.54, 1.807) is 0 Å². The summed E-state index contributed by atoms with van der Waals surface area (Å²) < 4.78 is 14.0. The smallest absolute Gasteiger partial charge is 0.161 e. The zero-order valence-corrected chi connectivity index (χ0v) is 60.7. The van der Waals surface area contributed by atoms with Crippen LogP contribution in [0.25, 0.3) is 146 Å². The molecule has 16 aromatic carbocycles. The Morgan fingerprint density at radius 3 is 0.893 bits per heavy atom. The molecule has 112 heavy (non-hydrogen) atoms. The van der Waals surface area contributed by atoms with Gasteiger partial charge in [0.25, 0.3) is 0 Å². The van der Waals surface area contributed by atoms with Crippen LogP contribution in [-0.4, -0.2) is 19.9 Å². The van der Waals surface area contributed by atoms with Crippen LogP contribution in [0.3, 0.4) is 0 Å². The van der Waals surface area contributed by atoms with Gasteiger partial charge in [-0.15, -0.1) is 0 Å². The van der Waals surface area contributed by atoms with E-state index in [1.807, 2.05) is 42.5 Å². The zero-order chi connectivity index (χ0) is 73.9. The van der Waals surface area contributed by atoms with E-state index in [0.29, 0.717) is 11.6 Å². The lowest BCUT2D eigenvalue weighted by Gasteiger charge is -2.39. The van der Waals surface area contributed by atoms with Gasteiger partial charge in [0.1, 0.15) is 23.0 Å². The molecule has 18 aromatic rings. The summed E-state index contributed by atoms with van der Waals surface area (Å²) in [6, 6.07) is 143. The molecule has 0 radical (unpaired) electrons. The average molecular weight is 1430 g/mol. The molecule has 0 amide bonds. The molecule has 0 saturated carbocycles. The Labute approximate surface area is 649 Å². The van der Waals surface area contributed by atoms with Gasteiger partial charge in [0.2, 0.25) is 0 Å². The molecular weight excluding hydrogens is 1360 g/mol. The summed E-state index contributed by atoms with van der Waals surface area (Å²) in [7, 11) is 0. The lowest BCUT2D eigenvalue weighted by atomic mass is 9.66. The number of rotatable bonds is 11. The molecule has 2 spiro atoms. The van der Waals surface area contributed by atoms with Crippen LogP contribution in [0.2, 0.25) is 0 Å². The van der Waals surface area contributed by atoms with Crippen LogP contribution >= 0.6 is 0 Å². The van der Waals surface area contributed by atoms with Gasteiger partial charge in [-0.3, -0.25) is 0 Å². The number of aromatic nitrogens is 4. The molecule has 0 N–H and O–H groups in total. The van der Waals surface area contributed by atoms with Gasteiger partial charge >= 0.3 is 0 Å². The maximum absolute atomic E-state index is 7.12. The topological polar surface area (TPSA) is 70.0 Å². The van der Waals surface area contributed by atoms with Gasteiger partial charge in [0, 0.05) is 55.6 Å². The minimum atomic E-state index is -0.662. The summed E-state index contributed by atoms with van der Waals surface area (Å²) in [4.78, 5) is 21.1. The third-order valence-electron chi connectivity index (χ3n) is 23.4. The first kappa shape index (κ1) is 64.5. The van der Waals surface area contributed by atoms with Gasteiger partial charge in [-0.2, -0.15) is 0 Å². The van der Waals surface area contributed by atoms with Crippen molar-refractivity contribution in [2.75, 3.05) is 0 Å². The number of fused-ring (bicyclic) bond motifs is 18. The number of nitrogens with zero attached hydrogens (tertiary/aromatic N) is 4. The van der Waals surface area contributed by atoms with Gasteiger partial charge < -0.3 is 9.47 Å². The highest BCUT2D eigenvalue weighted by molar-refractivity contribution is 5.94. The summed E-state index contributed by atoms with van der Waals surface area (Å²) in [5, 5.41) is 0. The Kier molecular flexibility index (Phi) is 15.0. The molecule has 522 valence electrons. The van der Waals surface area contributed by atoms with Gasteiger partial charge in [0.15, 0.2) is 11.6 Å². The Morgan fingerprint density at radius 2 is 0.429 bits per heavy atom. The molecule has 4 aliphatic rings. The van der Waals surface area contributed by atoms with Crippen molar-refractivity contribution in [3.05, 3.63) is 445 Å². The SMILES string of the molecule is c1ccc(-c2cc(-c3ccccc3)nc(-c3ccc(-c4ccccc4-c4ccc5c(c4)Oc4ccccc4C54c5ccccc5-c5cc(-c6ccc(-c7cc(-c8ccccc8)nc(-c8ccccc8-c8ccc(-c9ccc%10c(c9)Oc9ccccc9C%109c%10ccccc%10-c%10ccccc%109)cc8)n7)cc6)ccc54)cc3)n2)cc1. The van der Waals surface area contributed by atoms with Crippen LogP contribution in [0, 0.1) is 0 Å². The van der Waals surface area contributed by atoms with E-state index in [9.17, 15) is 0 Å². The van der Waals surface area contributed by atoms with E-state index in [2.05, 4.69) is 358 Å². The first-order chi connectivity index (χ1) is 55.5. The van der Waals surface area contributed by atoms with Crippen molar-refractivity contribution in [1.82, 2.24) is 19.9 Å². The summed E-state index contributed by atoms with van der Waals surface area (Å²) in [5.74, 6) is 4.74. The highest BCUT2D eigenvalue weighted by atomic mass is 16.5. The standard InChI is InChI=1S/C106H66N4O2/c1-4-24-71(25-5-1)95-65-96(72-26-6-2-7-27-72)108-103(107-95)75-54-50-69(51-55-75)79-30-10-11-32-81(79)78-58-61-94-102(64-78)112-100-43-23-21-41-92(100)106(94)89-39-19-16-35-84(89)86-62-76(56-59-90(86)106)67-46-52-74(53-47-67)98-66-97(73-28-8-3-9-29-73)109-104(110-98)85-36-13-12-31-80(85)70-48-44-68(45-49-70)77-57-60-93-101(63-77)111-99-42-22-20-40-91(99)105(93)87-37-17-14-33-82(87)83-34-15-18-38-88(83)105/h1-66H. The second kappa shape index (κ2) is 26.0. The van der Waals surface area contributed by atoms with Gasteiger partial charge in [-0.25, -0.2) is 19.9 Å². The number of benzene rings is 16. The quantitative estimate of drug-likeness (QED) is 0.129. The van der Waals surface area contributed by atoms with Gasteiger partial charge in [-0.1, -0.05) is 358 Å². The van der Waals surface area contributed by atoms with E-state index in [0.717, 1.165) is 157 Å². The molecule has 2 aliphatic carbocycles. The molecule has 6 heteroatoms. The lowest BCUT2D eigenvalue weighted by molar-refractivity contribution is 0.436. The molecule has 1 unspecified atom stereocenters. The van der Waals surface area contributed by atoms with Gasteiger partial charge in [0.05, 0.1) is 33.6 Å². The molecule has 2 aliphatic heterocycles. The molecule has 1 atom stereocenters. The number of hydrogen-bond donors (Lipinski definition) is 0. The van der Waals surface area contributed by atoms with E-state index >= 15 is 0 Å². The molecular formula is C106H66N4O2. The summed E-state index contributed by atoms with van der Waals surface area (Å²) in [6.45, 7) is 0. The van der Waals surface area contributed by atoms with E-state index in [4.69, 9.17) is 29.4 Å².